The molecule has 1 unspecified atom stereocenters. The maximum atomic E-state index is 10.9. The Labute approximate surface area is 104 Å². The molecule has 6 nitrogen and oxygen atoms in total. The first-order valence-corrected chi connectivity index (χ1v) is 5.52. The maximum absolute atomic E-state index is 10.9. The van der Waals surface area contributed by atoms with Crippen LogP contribution in [0.5, 0.6) is 5.75 Å². The highest BCUT2D eigenvalue weighted by atomic mass is 16.6. The summed E-state index contributed by atoms with van der Waals surface area (Å²) in [4.78, 5) is 21.1. The van der Waals surface area contributed by atoms with Crippen molar-refractivity contribution in [3.8, 4) is 5.75 Å². The van der Waals surface area contributed by atoms with E-state index in [0.29, 0.717) is 23.3 Å². The van der Waals surface area contributed by atoms with Crippen LogP contribution in [0.3, 0.4) is 0 Å². The zero-order chi connectivity index (χ0) is 13.9. The van der Waals surface area contributed by atoms with Gasteiger partial charge in [-0.3, -0.25) is 10.1 Å². The first-order valence-electron chi connectivity index (χ1n) is 5.52. The molecule has 0 aromatic heterocycles. The molecule has 98 valence electrons. The minimum absolute atomic E-state index is 0.00298. The van der Waals surface area contributed by atoms with Gasteiger partial charge in [-0.25, -0.2) is 4.79 Å². The first-order chi connectivity index (χ1) is 8.36. The molecule has 0 aliphatic carbocycles. The molecule has 0 radical (unpaired) electrons. The van der Waals surface area contributed by atoms with Crippen molar-refractivity contribution in [1.82, 2.24) is 0 Å². The van der Waals surface area contributed by atoms with Crippen LogP contribution in [0.2, 0.25) is 0 Å². The Hall–Kier alpha value is -2.11. The predicted molar refractivity (Wildman–Crippen MR) is 64.9 cm³/mol. The molecule has 0 spiro atoms. The van der Waals surface area contributed by atoms with Crippen LogP contribution in [0.1, 0.15) is 24.5 Å². The van der Waals surface area contributed by atoms with Gasteiger partial charge in [0.1, 0.15) is 5.75 Å². The average molecular weight is 253 g/mol. The molecule has 6 heteroatoms. The number of hydrogen-bond donors (Lipinski definition) is 1. The van der Waals surface area contributed by atoms with E-state index < -0.39 is 17.0 Å². The molecule has 0 aliphatic heterocycles. The standard InChI is InChI=1S/C12H15NO5/c1-4-10(12(14)15)18-11-6-7(2)9(13(16)17)5-8(11)3/h5-6,10H,4H2,1-3H3,(H,14,15). The highest BCUT2D eigenvalue weighted by Gasteiger charge is 2.20. The van der Waals surface area contributed by atoms with Crippen molar-refractivity contribution in [1.29, 1.82) is 0 Å². The summed E-state index contributed by atoms with van der Waals surface area (Å²) in [6.07, 6.45) is -0.616. The second kappa shape index (κ2) is 5.48. The average Bonchev–Trinajstić information content (AvgIpc) is 2.28. The SMILES string of the molecule is CCC(Oc1cc(C)c([N+](=O)[O-])cc1C)C(=O)O. The number of nitro benzene ring substituents is 1. The van der Waals surface area contributed by atoms with Crippen molar-refractivity contribution in [3.05, 3.63) is 33.4 Å². The molecule has 1 aromatic rings. The van der Waals surface area contributed by atoms with E-state index >= 15 is 0 Å². The van der Waals surface area contributed by atoms with E-state index in [4.69, 9.17) is 9.84 Å². The summed E-state index contributed by atoms with van der Waals surface area (Å²) in [5.74, 6) is -0.680. The molecular formula is C12H15NO5. The quantitative estimate of drug-likeness (QED) is 0.643. The molecule has 1 N–H and O–H groups in total. The maximum Gasteiger partial charge on any atom is 0.344 e. The number of benzene rings is 1. The van der Waals surface area contributed by atoms with Gasteiger partial charge in [-0.15, -0.1) is 0 Å². The third kappa shape index (κ3) is 2.97. The van der Waals surface area contributed by atoms with Gasteiger partial charge in [0.15, 0.2) is 6.10 Å². The largest absolute Gasteiger partial charge is 0.479 e. The van der Waals surface area contributed by atoms with Gasteiger partial charge in [-0.1, -0.05) is 6.92 Å². The van der Waals surface area contributed by atoms with Crippen LogP contribution in [0, 0.1) is 24.0 Å². The molecule has 0 saturated carbocycles. The van der Waals surface area contributed by atoms with Gasteiger partial charge in [-0.05, 0) is 31.9 Å². The van der Waals surface area contributed by atoms with Gasteiger partial charge < -0.3 is 9.84 Å². The minimum atomic E-state index is -1.05. The van der Waals surface area contributed by atoms with E-state index in [-0.39, 0.29) is 5.69 Å². The Balaban J connectivity index is 3.08. The van der Waals surface area contributed by atoms with Crippen LogP contribution in [-0.2, 0) is 4.79 Å². The predicted octanol–water partition coefficient (Wildman–Crippen LogP) is 2.45. The van der Waals surface area contributed by atoms with Crippen molar-refractivity contribution in [2.75, 3.05) is 0 Å². The summed E-state index contributed by atoms with van der Waals surface area (Å²) >= 11 is 0. The zero-order valence-corrected chi connectivity index (χ0v) is 10.5. The normalized spacial score (nSPS) is 11.9. The smallest absolute Gasteiger partial charge is 0.344 e. The van der Waals surface area contributed by atoms with Crippen LogP contribution in [0.4, 0.5) is 5.69 Å². The molecule has 0 aliphatic rings. The van der Waals surface area contributed by atoms with Crippen LogP contribution >= 0.6 is 0 Å². The fraction of sp³-hybridized carbons (Fsp3) is 0.417. The van der Waals surface area contributed by atoms with Crippen molar-refractivity contribution in [2.45, 2.75) is 33.3 Å². The Kier molecular flexibility index (Phi) is 4.25. The van der Waals surface area contributed by atoms with Crippen molar-refractivity contribution in [2.24, 2.45) is 0 Å². The fourth-order valence-electron chi connectivity index (χ4n) is 1.56. The van der Waals surface area contributed by atoms with Crippen LogP contribution in [0.25, 0.3) is 0 Å². The Morgan fingerprint density at radius 2 is 2.06 bits per heavy atom. The fourth-order valence-corrected chi connectivity index (χ4v) is 1.56. The van der Waals surface area contributed by atoms with Crippen molar-refractivity contribution < 1.29 is 19.6 Å². The topological polar surface area (TPSA) is 89.7 Å². The highest BCUT2D eigenvalue weighted by molar-refractivity contribution is 5.72. The number of carboxylic acids is 1. The molecule has 1 atom stereocenters. The molecule has 0 fully saturated rings. The monoisotopic (exact) mass is 253 g/mol. The molecule has 0 saturated heterocycles. The number of aryl methyl sites for hydroxylation is 2. The minimum Gasteiger partial charge on any atom is -0.479 e. The molecule has 0 bridgehead atoms. The van der Waals surface area contributed by atoms with Gasteiger partial charge in [0.05, 0.1) is 4.92 Å². The summed E-state index contributed by atoms with van der Waals surface area (Å²) < 4.78 is 5.35. The number of ether oxygens (including phenoxy) is 1. The van der Waals surface area contributed by atoms with Gasteiger partial charge in [0.2, 0.25) is 0 Å². The second-order valence-electron chi connectivity index (χ2n) is 4.01. The van der Waals surface area contributed by atoms with Crippen LogP contribution in [-0.4, -0.2) is 22.1 Å². The van der Waals surface area contributed by atoms with Gasteiger partial charge >= 0.3 is 5.97 Å². The van der Waals surface area contributed by atoms with Crippen LogP contribution < -0.4 is 4.74 Å². The molecule has 0 amide bonds. The van der Waals surface area contributed by atoms with Gasteiger partial charge in [0, 0.05) is 11.6 Å². The number of carboxylic acid groups (broad SMARTS) is 1. The lowest BCUT2D eigenvalue weighted by molar-refractivity contribution is -0.385. The molecule has 0 heterocycles. The Morgan fingerprint density at radius 3 is 2.50 bits per heavy atom. The second-order valence-corrected chi connectivity index (χ2v) is 4.01. The molecule has 18 heavy (non-hydrogen) atoms. The van der Waals surface area contributed by atoms with E-state index in [9.17, 15) is 14.9 Å². The highest BCUT2D eigenvalue weighted by Crippen LogP contribution is 2.28. The summed E-state index contributed by atoms with van der Waals surface area (Å²) in [6, 6.07) is 2.89. The lowest BCUT2D eigenvalue weighted by atomic mass is 10.1. The van der Waals surface area contributed by atoms with Crippen molar-refractivity contribution in [3.63, 3.8) is 0 Å². The van der Waals surface area contributed by atoms with E-state index in [1.54, 1.807) is 20.8 Å². The molecule has 1 rings (SSSR count). The lowest BCUT2D eigenvalue weighted by Gasteiger charge is -2.15. The number of carbonyl (C=O) groups is 1. The van der Waals surface area contributed by atoms with E-state index in [2.05, 4.69) is 0 Å². The van der Waals surface area contributed by atoms with Gasteiger partial charge in [-0.2, -0.15) is 0 Å². The summed E-state index contributed by atoms with van der Waals surface area (Å²) in [6.45, 7) is 4.94. The number of hydrogen-bond acceptors (Lipinski definition) is 4. The van der Waals surface area contributed by atoms with Crippen molar-refractivity contribution >= 4 is 11.7 Å². The number of rotatable bonds is 5. The third-order valence-electron chi connectivity index (χ3n) is 2.61. The van der Waals surface area contributed by atoms with E-state index in [1.807, 2.05) is 0 Å². The van der Waals surface area contributed by atoms with E-state index in [1.165, 1.54) is 12.1 Å². The van der Waals surface area contributed by atoms with Crippen LogP contribution in [0.15, 0.2) is 12.1 Å². The number of nitrogens with zero attached hydrogens (tertiary/aromatic N) is 1. The van der Waals surface area contributed by atoms with E-state index in [0.717, 1.165) is 0 Å². The van der Waals surface area contributed by atoms with Gasteiger partial charge in [0.25, 0.3) is 5.69 Å². The first kappa shape index (κ1) is 14.0. The third-order valence-corrected chi connectivity index (χ3v) is 2.61. The Bertz CT molecular complexity index is 484. The number of aliphatic carboxylic acids is 1. The Morgan fingerprint density at radius 1 is 1.44 bits per heavy atom. The molecular weight excluding hydrogens is 238 g/mol. The number of nitro groups is 1. The molecule has 1 aromatic carbocycles. The summed E-state index contributed by atoms with van der Waals surface area (Å²) in [5, 5.41) is 19.6. The zero-order valence-electron chi connectivity index (χ0n) is 10.5. The summed E-state index contributed by atoms with van der Waals surface area (Å²) in [7, 11) is 0. The summed E-state index contributed by atoms with van der Waals surface area (Å²) in [5.41, 5.74) is 0.996. The lowest BCUT2D eigenvalue weighted by Crippen LogP contribution is -2.26.